The minimum Gasteiger partial charge on any atom is -0.478 e. The van der Waals surface area contributed by atoms with Crippen LogP contribution in [0.25, 0.3) is 0 Å². The Kier molecular flexibility index (Phi) is 3.40. The summed E-state index contributed by atoms with van der Waals surface area (Å²) in [5.41, 5.74) is 0.838. The fourth-order valence-corrected chi connectivity index (χ4v) is 1.76. The number of rotatable bonds is 5. The molecule has 7 nitrogen and oxygen atoms in total. The lowest BCUT2D eigenvalue weighted by molar-refractivity contribution is 0.0696. The van der Waals surface area contributed by atoms with Crippen molar-refractivity contribution in [3.05, 3.63) is 29.6 Å². The Bertz CT molecular complexity index is 558. The van der Waals surface area contributed by atoms with E-state index in [1.54, 1.807) is 11.6 Å². The number of aromatic carboxylic acids is 1. The second-order valence-electron chi connectivity index (χ2n) is 4.01. The van der Waals surface area contributed by atoms with Crippen molar-refractivity contribution < 1.29 is 9.90 Å². The van der Waals surface area contributed by atoms with Crippen molar-refractivity contribution in [2.75, 3.05) is 0 Å². The van der Waals surface area contributed by atoms with Crippen molar-refractivity contribution >= 4 is 5.97 Å². The molecule has 2 rings (SSSR count). The van der Waals surface area contributed by atoms with Crippen LogP contribution < -0.4 is 0 Å². The monoisotopic (exact) mass is 249 g/mol. The molecule has 0 aromatic carbocycles. The summed E-state index contributed by atoms with van der Waals surface area (Å²) in [6, 6.07) is 0. The molecule has 7 heteroatoms. The molecule has 0 spiro atoms. The summed E-state index contributed by atoms with van der Waals surface area (Å²) in [5.74, 6) is -0.186. The Balaban J connectivity index is 2.23. The smallest absolute Gasteiger partial charge is 0.339 e. The zero-order valence-corrected chi connectivity index (χ0v) is 10.4. The Hall–Kier alpha value is -2.18. The summed E-state index contributed by atoms with van der Waals surface area (Å²) >= 11 is 0. The largest absolute Gasteiger partial charge is 0.478 e. The quantitative estimate of drug-likeness (QED) is 0.852. The van der Waals surface area contributed by atoms with Gasteiger partial charge in [0, 0.05) is 6.54 Å². The lowest BCUT2D eigenvalue weighted by Crippen LogP contribution is -2.12. The molecular weight excluding hydrogens is 234 g/mol. The Morgan fingerprint density at radius 2 is 2.17 bits per heavy atom. The van der Waals surface area contributed by atoms with Crippen LogP contribution in [0.1, 0.15) is 35.2 Å². The van der Waals surface area contributed by atoms with Crippen molar-refractivity contribution in [2.45, 2.75) is 33.4 Å². The van der Waals surface area contributed by atoms with Crippen molar-refractivity contribution in [3.8, 4) is 0 Å². The van der Waals surface area contributed by atoms with Gasteiger partial charge in [-0.05, 0) is 13.3 Å². The molecular formula is C11H15N5O2. The molecule has 0 aliphatic heterocycles. The molecule has 0 atom stereocenters. The Morgan fingerprint density at radius 3 is 2.78 bits per heavy atom. The topological polar surface area (TPSA) is 85.8 Å². The molecule has 18 heavy (non-hydrogen) atoms. The third-order valence-corrected chi connectivity index (χ3v) is 2.76. The predicted molar refractivity (Wildman–Crippen MR) is 63.3 cm³/mol. The van der Waals surface area contributed by atoms with E-state index in [0.29, 0.717) is 12.2 Å². The molecule has 0 aliphatic carbocycles. The highest BCUT2D eigenvalue weighted by Gasteiger charge is 2.14. The summed E-state index contributed by atoms with van der Waals surface area (Å²) in [5, 5.41) is 17.1. The highest BCUT2D eigenvalue weighted by molar-refractivity contribution is 5.88. The van der Waals surface area contributed by atoms with E-state index < -0.39 is 5.97 Å². The Labute approximate surface area is 104 Å². The zero-order chi connectivity index (χ0) is 13.1. The molecule has 0 amide bonds. The zero-order valence-electron chi connectivity index (χ0n) is 10.4. The van der Waals surface area contributed by atoms with Crippen LogP contribution in [-0.4, -0.2) is 35.6 Å². The van der Waals surface area contributed by atoms with Gasteiger partial charge in [-0.1, -0.05) is 6.92 Å². The molecule has 1 N–H and O–H groups in total. The number of aromatic nitrogens is 5. The molecule has 0 bridgehead atoms. The average Bonchev–Trinajstić information content (AvgIpc) is 2.89. The van der Waals surface area contributed by atoms with Crippen LogP contribution in [0.15, 0.2) is 12.5 Å². The summed E-state index contributed by atoms with van der Waals surface area (Å²) in [4.78, 5) is 15.1. The van der Waals surface area contributed by atoms with E-state index in [4.69, 9.17) is 5.11 Å². The molecule has 2 aromatic heterocycles. The van der Waals surface area contributed by atoms with E-state index in [2.05, 4.69) is 22.1 Å². The van der Waals surface area contributed by atoms with Gasteiger partial charge in [0.1, 0.15) is 24.3 Å². The van der Waals surface area contributed by atoms with Gasteiger partial charge in [0.15, 0.2) is 0 Å². The highest BCUT2D eigenvalue weighted by atomic mass is 16.4. The van der Waals surface area contributed by atoms with Gasteiger partial charge < -0.3 is 5.11 Å². The normalized spacial score (nSPS) is 10.8. The lowest BCUT2D eigenvalue weighted by atomic mass is 10.3. The van der Waals surface area contributed by atoms with Gasteiger partial charge in [0.2, 0.25) is 0 Å². The van der Waals surface area contributed by atoms with Crippen LogP contribution in [-0.2, 0) is 13.1 Å². The molecule has 0 aliphatic rings. The van der Waals surface area contributed by atoms with Crippen LogP contribution >= 0.6 is 0 Å². The number of hydrogen-bond acceptors (Lipinski definition) is 4. The summed E-state index contributed by atoms with van der Waals surface area (Å²) in [6.07, 6.45) is 3.83. The average molecular weight is 249 g/mol. The van der Waals surface area contributed by atoms with Crippen molar-refractivity contribution in [1.29, 1.82) is 0 Å². The minimum absolute atomic E-state index is 0.219. The van der Waals surface area contributed by atoms with Gasteiger partial charge in [-0.3, -0.25) is 4.68 Å². The third kappa shape index (κ3) is 2.24. The van der Waals surface area contributed by atoms with Crippen LogP contribution in [0, 0.1) is 6.92 Å². The first-order valence-corrected chi connectivity index (χ1v) is 5.75. The van der Waals surface area contributed by atoms with Crippen molar-refractivity contribution in [1.82, 2.24) is 24.5 Å². The summed E-state index contributed by atoms with van der Waals surface area (Å²) < 4.78 is 3.43. The van der Waals surface area contributed by atoms with Crippen LogP contribution in [0.5, 0.6) is 0 Å². The first kappa shape index (κ1) is 12.3. The maximum Gasteiger partial charge on any atom is 0.339 e. The Morgan fingerprint density at radius 1 is 1.39 bits per heavy atom. The van der Waals surface area contributed by atoms with Crippen LogP contribution in [0.4, 0.5) is 0 Å². The molecule has 0 unspecified atom stereocenters. The number of nitrogens with zero attached hydrogens (tertiary/aromatic N) is 5. The molecule has 0 fully saturated rings. The predicted octanol–water partition coefficient (Wildman–Crippen LogP) is 0.940. The van der Waals surface area contributed by atoms with E-state index in [1.165, 1.54) is 12.5 Å². The minimum atomic E-state index is -0.964. The summed E-state index contributed by atoms with van der Waals surface area (Å²) in [7, 11) is 0. The number of aryl methyl sites for hydroxylation is 1. The van der Waals surface area contributed by atoms with E-state index in [-0.39, 0.29) is 5.56 Å². The van der Waals surface area contributed by atoms with E-state index in [0.717, 1.165) is 18.8 Å². The standard InChI is InChI=1S/C11H15N5O2/c1-3-4-15-10(12-7-14-15)6-16-8(2)9(5-13-16)11(17)18/h5,7H,3-4,6H2,1-2H3,(H,17,18). The second-order valence-corrected chi connectivity index (χ2v) is 4.01. The maximum atomic E-state index is 10.9. The third-order valence-electron chi connectivity index (χ3n) is 2.76. The molecule has 2 heterocycles. The van der Waals surface area contributed by atoms with Gasteiger partial charge in [-0.15, -0.1) is 0 Å². The van der Waals surface area contributed by atoms with Gasteiger partial charge in [0.05, 0.1) is 11.9 Å². The molecule has 96 valence electrons. The fourth-order valence-electron chi connectivity index (χ4n) is 1.76. The molecule has 0 radical (unpaired) electrons. The first-order chi connectivity index (χ1) is 8.63. The number of hydrogen-bond donors (Lipinski definition) is 1. The second kappa shape index (κ2) is 4.99. The van der Waals surface area contributed by atoms with Crippen molar-refractivity contribution in [3.63, 3.8) is 0 Å². The van der Waals surface area contributed by atoms with Gasteiger partial charge >= 0.3 is 5.97 Å². The van der Waals surface area contributed by atoms with Gasteiger partial charge in [0.25, 0.3) is 0 Å². The van der Waals surface area contributed by atoms with E-state index in [1.807, 2.05) is 4.68 Å². The number of carboxylic acid groups (broad SMARTS) is 1. The number of carbonyl (C=O) groups is 1. The first-order valence-electron chi connectivity index (χ1n) is 5.75. The number of carboxylic acids is 1. The van der Waals surface area contributed by atoms with Crippen LogP contribution in [0.3, 0.4) is 0 Å². The maximum absolute atomic E-state index is 10.9. The van der Waals surface area contributed by atoms with Crippen molar-refractivity contribution in [2.24, 2.45) is 0 Å². The summed E-state index contributed by atoms with van der Waals surface area (Å²) in [6.45, 7) is 5.02. The van der Waals surface area contributed by atoms with Gasteiger partial charge in [-0.25, -0.2) is 14.5 Å². The van der Waals surface area contributed by atoms with Gasteiger partial charge in [-0.2, -0.15) is 10.2 Å². The van der Waals surface area contributed by atoms with E-state index in [9.17, 15) is 4.79 Å². The fraction of sp³-hybridized carbons (Fsp3) is 0.455. The molecule has 0 saturated heterocycles. The van der Waals surface area contributed by atoms with E-state index >= 15 is 0 Å². The SMILES string of the molecule is CCCn1ncnc1Cn1ncc(C(=O)O)c1C. The molecule has 0 saturated carbocycles. The molecule has 2 aromatic rings. The lowest BCUT2D eigenvalue weighted by Gasteiger charge is -2.06. The van der Waals surface area contributed by atoms with Crippen LogP contribution in [0.2, 0.25) is 0 Å². The highest BCUT2D eigenvalue weighted by Crippen LogP contribution is 2.09.